The molecule has 4 aliphatic rings. The Morgan fingerprint density at radius 2 is 0.674 bits per heavy atom. The van der Waals surface area contributed by atoms with Gasteiger partial charge in [0.2, 0.25) is 0 Å². The van der Waals surface area contributed by atoms with Crippen molar-refractivity contribution in [1.29, 1.82) is 0 Å². The van der Waals surface area contributed by atoms with Gasteiger partial charge < -0.3 is 104 Å². The normalized spacial score (nSPS) is 52.0. The molecule has 46 heavy (non-hydrogen) atoms. The molecule has 0 saturated carbocycles. The molecule has 0 aliphatic carbocycles. The summed E-state index contributed by atoms with van der Waals surface area (Å²) < 4.78 is 43.2. The third-order valence-electron chi connectivity index (χ3n) is 8.45. The predicted octanol–water partition coefficient (Wildman–Crippen LogP) is -9.09. The van der Waals surface area contributed by atoms with Crippen LogP contribution >= 0.6 is 0 Å². The molecule has 4 heterocycles. The van der Waals surface area contributed by atoms with Crippen molar-refractivity contribution in [2.24, 2.45) is 0 Å². The monoisotopic (exact) mass is 680 g/mol. The van der Waals surface area contributed by atoms with E-state index in [1.165, 1.54) is 7.11 Å². The number of aliphatic hydroxyl groups excluding tert-OH is 13. The fraction of sp³-hybridized carbons (Fsp3) is 1.00. The van der Waals surface area contributed by atoms with E-state index in [1.54, 1.807) is 0 Å². The maximum Gasteiger partial charge on any atom is 0.187 e. The van der Waals surface area contributed by atoms with E-state index < -0.39 is 149 Å². The summed E-state index contributed by atoms with van der Waals surface area (Å²) in [5, 5.41) is 133. The van der Waals surface area contributed by atoms with E-state index in [4.69, 9.17) is 37.9 Å². The zero-order valence-electron chi connectivity index (χ0n) is 24.5. The average molecular weight is 681 g/mol. The highest BCUT2D eigenvalue weighted by Crippen LogP contribution is 2.34. The largest absolute Gasteiger partial charge is 0.394 e. The lowest BCUT2D eigenvalue weighted by Gasteiger charge is -2.49. The van der Waals surface area contributed by atoms with E-state index >= 15 is 0 Å². The molecule has 0 aromatic carbocycles. The first-order valence-corrected chi connectivity index (χ1v) is 14.5. The van der Waals surface area contributed by atoms with Gasteiger partial charge >= 0.3 is 0 Å². The fourth-order valence-corrected chi connectivity index (χ4v) is 5.82. The second-order valence-electron chi connectivity index (χ2n) is 11.4. The second-order valence-corrected chi connectivity index (χ2v) is 11.4. The van der Waals surface area contributed by atoms with Crippen LogP contribution in [-0.4, -0.2) is 223 Å². The van der Waals surface area contributed by atoms with Gasteiger partial charge in [0.05, 0.1) is 26.4 Å². The Bertz CT molecular complexity index is 926. The van der Waals surface area contributed by atoms with Crippen LogP contribution in [-0.2, 0) is 37.9 Å². The van der Waals surface area contributed by atoms with E-state index in [1.807, 2.05) is 0 Å². The molecule has 21 heteroatoms. The first-order valence-electron chi connectivity index (χ1n) is 14.5. The van der Waals surface area contributed by atoms with Gasteiger partial charge in [0.1, 0.15) is 97.7 Å². The Morgan fingerprint density at radius 3 is 1.00 bits per heavy atom. The molecule has 21 nitrogen and oxygen atoms in total. The van der Waals surface area contributed by atoms with Crippen molar-refractivity contribution in [2.45, 2.75) is 123 Å². The lowest BCUT2D eigenvalue weighted by molar-refractivity contribution is -0.387. The molecule has 4 aliphatic heterocycles. The van der Waals surface area contributed by atoms with Crippen molar-refractivity contribution in [1.82, 2.24) is 0 Å². The molecular formula is C25H44O21. The van der Waals surface area contributed by atoms with Crippen molar-refractivity contribution in [3.8, 4) is 0 Å². The molecular weight excluding hydrogens is 636 g/mol. The van der Waals surface area contributed by atoms with Gasteiger partial charge in [-0.1, -0.05) is 0 Å². The Hall–Kier alpha value is -0.840. The molecule has 0 amide bonds. The molecule has 4 saturated heterocycles. The summed E-state index contributed by atoms with van der Waals surface area (Å²) in [7, 11) is 1.21. The highest BCUT2D eigenvalue weighted by molar-refractivity contribution is 4.97. The third kappa shape index (κ3) is 7.50. The number of hydrogen-bond donors (Lipinski definition) is 13. The summed E-state index contributed by atoms with van der Waals surface area (Å²) in [6, 6.07) is 0. The highest BCUT2D eigenvalue weighted by atomic mass is 16.8. The van der Waals surface area contributed by atoms with E-state index in [-0.39, 0.29) is 0 Å². The number of rotatable bonds is 11. The quantitative estimate of drug-likeness (QED) is 0.0963. The lowest BCUT2D eigenvalue weighted by atomic mass is 9.95. The lowest BCUT2D eigenvalue weighted by Crippen LogP contribution is -2.67. The summed E-state index contributed by atoms with van der Waals surface area (Å²) in [5.74, 6) is 0. The highest BCUT2D eigenvalue weighted by Gasteiger charge is 2.55. The molecule has 0 aromatic rings. The van der Waals surface area contributed by atoms with E-state index in [0.29, 0.717) is 0 Å². The molecule has 270 valence electrons. The maximum atomic E-state index is 10.9. The van der Waals surface area contributed by atoms with Gasteiger partial charge in [0, 0.05) is 7.11 Å². The molecule has 0 unspecified atom stereocenters. The van der Waals surface area contributed by atoms with Crippen LogP contribution in [0.15, 0.2) is 0 Å². The van der Waals surface area contributed by atoms with Crippen molar-refractivity contribution in [3.63, 3.8) is 0 Å². The van der Waals surface area contributed by atoms with Gasteiger partial charge in [0.25, 0.3) is 0 Å². The zero-order valence-corrected chi connectivity index (χ0v) is 24.5. The van der Waals surface area contributed by atoms with Crippen LogP contribution in [0.5, 0.6) is 0 Å². The summed E-state index contributed by atoms with van der Waals surface area (Å²) in [4.78, 5) is 0. The Morgan fingerprint density at radius 1 is 0.391 bits per heavy atom. The Kier molecular flexibility index (Phi) is 13.4. The molecule has 4 fully saturated rings. The fourth-order valence-electron chi connectivity index (χ4n) is 5.82. The molecule has 4 rings (SSSR count). The summed E-state index contributed by atoms with van der Waals surface area (Å²) in [5.41, 5.74) is 0. The summed E-state index contributed by atoms with van der Waals surface area (Å²) in [6.45, 7) is -3.21. The molecule has 0 aromatic heterocycles. The predicted molar refractivity (Wildman–Crippen MR) is 139 cm³/mol. The van der Waals surface area contributed by atoms with Crippen LogP contribution in [0.1, 0.15) is 0 Å². The molecule has 0 spiro atoms. The van der Waals surface area contributed by atoms with Gasteiger partial charge in [0.15, 0.2) is 25.2 Å². The van der Waals surface area contributed by atoms with Crippen LogP contribution in [0.25, 0.3) is 0 Å². The molecule has 0 radical (unpaired) electrons. The minimum absolute atomic E-state index is 0.647. The molecule has 13 N–H and O–H groups in total. The van der Waals surface area contributed by atoms with Crippen LogP contribution in [0.4, 0.5) is 0 Å². The van der Waals surface area contributed by atoms with E-state index in [9.17, 15) is 66.4 Å². The van der Waals surface area contributed by atoms with Gasteiger partial charge in [-0.25, -0.2) is 0 Å². The van der Waals surface area contributed by atoms with Gasteiger partial charge in [-0.2, -0.15) is 0 Å². The smallest absolute Gasteiger partial charge is 0.187 e. The van der Waals surface area contributed by atoms with Crippen molar-refractivity contribution in [3.05, 3.63) is 0 Å². The SMILES string of the molecule is CO[C@@H]1[C@H](O)[C@@H](O)[C@H](O[C@@H]2[C@H](O)[C@@H](O)[C@H](O[C@@H]3[C@H](O)[C@@H](O)[C@H](O[C@@H]4[C@H](O)[C@@H](O)[C@H](O)O[C@@H]4CO)O[C@@H]3CO)O[C@@H]2CO)O[C@@H]1CO. The molecule has 0 bridgehead atoms. The number of hydrogen-bond acceptors (Lipinski definition) is 21. The number of aliphatic hydroxyl groups is 13. The summed E-state index contributed by atoms with van der Waals surface area (Å²) in [6.07, 6.45) is -33.8. The Balaban J connectivity index is 1.43. The van der Waals surface area contributed by atoms with Crippen LogP contribution < -0.4 is 0 Å². The van der Waals surface area contributed by atoms with Crippen molar-refractivity contribution < 1.29 is 104 Å². The molecule has 20 atom stereocenters. The van der Waals surface area contributed by atoms with E-state index in [2.05, 4.69) is 0 Å². The van der Waals surface area contributed by atoms with Crippen LogP contribution in [0.3, 0.4) is 0 Å². The Labute approximate surface area is 261 Å². The van der Waals surface area contributed by atoms with E-state index in [0.717, 1.165) is 0 Å². The van der Waals surface area contributed by atoms with Crippen molar-refractivity contribution >= 4 is 0 Å². The zero-order chi connectivity index (χ0) is 34.0. The first kappa shape index (κ1) is 38.0. The average Bonchev–Trinajstić information content (AvgIpc) is 3.05. The van der Waals surface area contributed by atoms with Gasteiger partial charge in [-0.3, -0.25) is 0 Å². The van der Waals surface area contributed by atoms with Crippen LogP contribution in [0, 0.1) is 0 Å². The second kappa shape index (κ2) is 16.2. The standard InChI is InChI=1S/C25H44O21/c1-39-18-6(2-26)41-23(15(35)11(18)31)45-20-8(4-28)43-25(17(37)13(20)33)46-21-9(5-29)42-24(16(36)12(21)32)44-19-7(3-27)40-22(38)14(34)10(19)30/h6-38H,2-5H2,1H3/t6-,7-,8-,9-,10-,11-,12-,13-,14-,15-,16-,17-,18+,19+,20+,21+,22-,23+,24+,25+/m1/s1. The van der Waals surface area contributed by atoms with Gasteiger partial charge in [-0.15, -0.1) is 0 Å². The minimum atomic E-state index is -2.00. The first-order chi connectivity index (χ1) is 21.8. The number of ether oxygens (including phenoxy) is 8. The number of methoxy groups -OCH3 is 1. The van der Waals surface area contributed by atoms with Crippen molar-refractivity contribution in [2.75, 3.05) is 33.5 Å². The topological polar surface area (TPSA) is 337 Å². The van der Waals surface area contributed by atoms with Crippen LogP contribution in [0.2, 0.25) is 0 Å². The minimum Gasteiger partial charge on any atom is -0.394 e. The third-order valence-corrected chi connectivity index (χ3v) is 8.45. The van der Waals surface area contributed by atoms with Gasteiger partial charge in [-0.05, 0) is 0 Å². The maximum absolute atomic E-state index is 10.9. The summed E-state index contributed by atoms with van der Waals surface area (Å²) >= 11 is 0.